The molecule has 1 aromatic carbocycles. The second-order valence-corrected chi connectivity index (χ2v) is 6.40. The van der Waals surface area contributed by atoms with E-state index in [2.05, 4.69) is 18.3 Å². The lowest BCUT2D eigenvalue weighted by Gasteiger charge is -2.16. The van der Waals surface area contributed by atoms with Gasteiger partial charge in [0.1, 0.15) is 0 Å². The third-order valence-electron chi connectivity index (χ3n) is 4.56. The highest BCUT2D eigenvalue weighted by Gasteiger charge is 2.16. The molecule has 0 fully saturated rings. The van der Waals surface area contributed by atoms with E-state index >= 15 is 0 Å². The quantitative estimate of drug-likeness (QED) is 0.670. The number of unbranched alkanes of at least 4 members (excludes halogenated alkanes) is 1. The summed E-state index contributed by atoms with van der Waals surface area (Å²) in [5.41, 5.74) is 9.07. The predicted molar refractivity (Wildman–Crippen MR) is 99.8 cm³/mol. The van der Waals surface area contributed by atoms with Gasteiger partial charge in [0.15, 0.2) is 5.78 Å². The Labute approximate surface area is 151 Å². The summed E-state index contributed by atoms with van der Waals surface area (Å²) >= 11 is 0. The lowest BCUT2D eigenvalue weighted by molar-refractivity contribution is -0.121. The zero-order valence-corrected chi connectivity index (χ0v) is 15.3. The minimum Gasteiger partial charge on any atom is -0.352 e. The number of Topliss-reactive ketones (excluding diaryl/α,β-unsaturated/α-hetero) is 1. The maximum Gasteiger partial charge on any atom is 0.220 e. The largest absolute Gasteiger partial charge is 0.352 e. The van der Waals surface area contributed by atoms with Crippen LogP contribution in [0.25, 0.3) is 0 Å². The number of carbonyl (C=O) groups is 2. The highest BCUT2D eigenvalue weighted by Crippen LogP contribution is 2.23. The van der Waals surface area contributed by atoms with E-state index in [0.29, 0.717) is 6.54 Å². The molecule has 1 aliphatic carbocycles. The van der Waals surface area contributed by atoms with E-state index in [9.17, 15) is 9.59 Å². The molecule has 1 atom stereocenters. The number of nitrogens with two attached hydrogens (primary N) is 1. The Morgan fingerprint density at radius 1 is 1.21 bits per heavy atom. The summed E-state index contributed by atoms with van der Waals surface area (Å²) in [6, 6.07) is 5.99. The first-order valence-electron chi connectivity index (χ1n) is 8.78. The van der Waals surface area contributed by atoms with Gasteiger partial charge in [0.25, 0.3) is 0 Å². The number of fused-ring (bicyclic) bond motifs is 1. The molecule has 4 nitrogen and oxygen atoms in total. The minimum absolute atomic E-state index is 0. The molecule has 0 aromatic heterocycles. The van der Waals surface area contributed by atoms with Gasteiger partial charge in [-0.3, -0.25) is 9.59 Å². The van der Waals surface area contributed by atoms with Crippen LogP contribution in [0.15, 0.2) is 18.2 Å². The van der Waals surface area contributed by atoms with Crippen LogP contribution in [0.4, 0.5) is 0 Å². The molecule has 2 rings (SSSR count). The Bertz CT molecular complexity index is 560. The molecule has 1 aliphatic rings. The molecule has 0 radical (unpaired) electrons. The van der Waals surface area contributed by atoms with E-state index < -0.39 is 0 Å². The molecule has 24 heavy (non-hydrogen) atoms. The van der Waals surface area contributed by atoms with Gasteiger partial charge in [-0.2, -0.15) is 0 Å². The second kappa shape index (κ2) is 10.5. The topological polar surface area (TPSA) is 72.2 Å². The molecule has 1 unspecified atom stereocenters. The summed E-state index contributed by atoms with van der Waals surface area (Å²) in [4.78, 5) is 24.3. The van der Waals surface area contributed by atoms with Crippen LogP contribution in [0.5, 0.6) is 0 Å². The summed E-state index contributed by atoms with van der Waals surface area (Å²) in [6.07, 6.45) is 6.88. The Kier molecular flexibility index (Phi) is 9.01. The maximum atomic E-state index is 12.3. The smallest absolute Gasteiger partial charge is 0.220 e. The van der Waals surface area contributed by atoms with Crippen molar-refractivity contribution in [2.45, 2.75) is 64.3 Å². The van der Waals surface area contributed by atoms with E-state index in [1.54, 1.807) is 0 Å². The summed E-state index contributed by atoms with van der Waals surface area (Å²) in [5, 5.41) is 2.93. The number of nitrogens with one attached hydrogen (secondary N) is 1. The lowest BCUT2D eigenvalue weighted by atomic mass is 10.0. The molecule has 5 heteroatoms. The van der Waals surface area contributed by atoms with Crippen LogP contribution in [0.1, 0.15) is 66.9 Å². The number of rotatable bonds is 9. The fourth-order valence-corrected chi connectivity index (χ4v) is 3.12. The maximum absolute atomic E-state index is 12.3. The van der Waals surface area contributed by atoms with Gasteiger partial charge < -0.3 is 11.1 Å². The van der Waals surface area contributed by atoms with E-state index in [1.807, 2.05) is 12.1 Å². The Hall–Kier alpha value is -1.39. The number of carbonyl (C=O) groups excluding carboxylic acids is 2. The van der Waals surface area contributed by atoms with Crippen LogP contribution >= 0.6 is 12.4 Å². The minimum atomic E-state index is -0.0777. The molecule has 1 aromatic rings. The molecule has 0 saturated heterocycles. The molecule has 0 heterocycles. The average molecular weight is 353 g/mol. The van der Waals surface area contributed by atoms with Crippen molar-refractivity contribution in [2.75, 3.05) is 6.54 Å². The SMILES string of the molecule is CCCCC(CN)NC(=O)CCC(=O)c1ccc2c(c1)CCC2.Cl. The third-order valence-corrected chi connectivity index (χ3v) is 4.56. The van der Waals surface area contributed by atoms with Crippen molar-refractivity contribution in [1.29, 1.82) is 0 Å². The first-order chi connectivity index (χ1) is 11.1. The third kappa shape index (κ3) is 5.91. The second-order valence-electron chi connectivity index (χ2n) is 6.40. The molecule has 0 aliphatic heterocycles. The number of hydrogen-bond donors (Lipinski definition) is 2. The number of amides is 1. The molecule has 1 amide bonds. The van der Waals surface area contributed by atoms with Gasteiger partial charge in [-0.05, 0) is 42.9 Å². The monoisotopic (exact) mass is 352 g/mol. The van der Waals surface area contributed by atoms with Crippen molar-refractivity contribution in [3.8, 4) is 0 Å². The van der Waals surface area contributed by atoms with E-state index in [-0.39, 0.29) is 43.0 Å². The summed E-state index contributed by atoms with van der Waals surface area (Å²) in [5.74, 6) is -0.0289. The van der Waals surface area contributed by atoms with Crippen LogP contribution in [-0.4, -0.2) is 24.3 Å². The van der Waals surface area contributed by atoms with Crippen LogP contribution in [0.2, 0.25) is 0 Å². The first kappa shape index (κ1) is 20.7. The van der Waals surface area contributed by atoms with Crippen LogP contribution in [-0.2, 0) is 17.6 Å². The number of hydrogen-bond acceptors (Lipinski definition) is 3. The number of halogens is 1. The van der Waals surface area contributed by atoms with Crippen LogP contribution in [0, 0.1) is 0 Å². The van der Waals surface area contributed by atoms with Crippen LogP contribution in [0.3, 0.4) is 0 Å². The Morgan fingerprint density at radius 2 is 1.96 bits per heavy atom. The molecular formula is C19H29ClN2O2. The fourth-order valence-electron chi connectivity index (χ4n) is 3.12. The average Bonchev–Trinajstić information content (AvgIpc) is 3.03. The zero-order chi connectivity index (χ0) is 16.7. The Balaban J connectivity index is 0.00000288. The van der Waals surface area contributed by atoms with Gasteiger partial charge in [-0.1, -0.05) is 31.9 Å². The predicted octanol–water partition coefficient (Wildman–Crippen LogP) is 3.19. The van der Waals surface area contributed by atoms with Gasteiger partial charge in [0.05, 0.1) is 0 Å². The van der Waals surface area contributed by atoms with E-state index in [1.165, 1.54) is 17.5 Å². The molecule has 134 valence electrons. The van der Waals surface area contributed by atoms with Crippen molar-refractivity contribution in [3.05, 3.63) is 34.9 Å². The molecule has 0 spiro atoms. The number of benzene rings is 1. The summed E-state index contributed by atoms with van der Waals surface area (Å²) in [6.45, 7) is 2.56. The van der Waals surface area contributed by atoms with Gasteiger partial charge >= 0.3 is 0 Å². The van der Waals surface area contributed by atoms with E-state index in [4.69, 9.17) is 5.73 Å². The van der Waals surface area contributed by atoms with Gasteiger partial charge in [0, 0.05) is 31.0 Å². The van der Waals surface area contributed by atoms with Crippen molar-refractivity contribution in [1.82, 2.24) is 5.32 Å². The van der Waals surface area contributed by atoms with Crippen molar-refractivity contribution < 1.29 is 9.59 Å². The molecule has 3 N–H and O–H groups in total. The summed E-state index contributed by atoms with van der Waals surface area (Å²) in [7, 11) is 0. The molecule has 0 saturated carbocycles. The molecular weight excluding hydrogens is 324 g/mol. The lowest BCUT2D eigenvalue weighted by Crippen LogP contribution is -2.40. The Morgan fingerprint density at radius 3 is 2.67 bits per heavy atom. The van der Waals surface area contributed by atoms with Crippen molar-refractivity contribution >= 4 is 24.1 Å². The van der Waals surface area contributed by atoms with Crippen LogP contribution < -0.4 is 11.1 Å². The highest BCUT2D eigenvalue weighted by atomic mass is 35.5. The number of aryl methyl sites for hydroxylation is 2. The highest BCUT2D eigenvalue weighted by molar-refractivity contribution is 5.98. The fraction of sp³-hybridized carbons (Fsp3) is 0.579. The van der Waals surface area contributed by atoms with Gasteiger partial charge in [0.2, 0.25) is 5.91 Å². The first-order valence-corrected chi connectivity index (χ1v) is 8.78. The summed E-state index contributed by atoms with van der Waals surface area (Å²) < 4.78 is 0. The standard InChI is InChI=1S/C19H28N2O2.ClH/c1-2-3-7-17(13-20)21-19(23)11-10-18(22)16-9-8-14-5-4-6-15(14)12-16;/h8-9,12,17H,2-7,10-11,13,20H2,1H3,(H,21,23);1H. The van der Waals surface area contributed by atoms with Gasteiger partial charge in [-0.25, -0.2) is 0 Å². The number of ketones is 1. The normalized spacial score (nSPS) is 13.8. The molecule has 0 bridgehead atoms. The van der Waals surface area contributed by atoms with Crippen molar-refractivity contribution in [2.24, 2.45) is 5.73 Å². The van der Waals surface area contributed by atoms with E-state index in [0.717, 1.165) is 37.7 Å². The zero-order valence-electron chi connectivity index (χ0n) is 14.5. The van der Waals surface area contributed by atoms with Crippen molar-refractivity contribution in [3.63, 3.8) is 0 Å². The van der Waals surface area contributed by atoms with Gasteiger partial charge in [-0.15, -0.1) is 12.4 Å².